The lowest BCUT2D eigenvalue weighted by molar-refractivity contribution is 0.174. The standard InChI is InChI=1S/C34H39N3O2S.C6H12O/c1-5-7-19-37-30(23-36(21-25(3)6-2)22-26-13-18-31-32(20-26)39-24-38-31)33(27-14-16-29(40-4)17-15-27)35-34(37)28-11-9-8-10-12-28;1-3-5-6-7-4-2/h6,8-18,20,25H,2,5,7,19,21-24H2,1,3-4H3;3,5H,4,6H2,1-2H3/b;5-3-. The fourth-order valence-corrected chi connectivity index (χ4v) is 5.86. The molecule has 47 heavy (non-hydrogen) atoms. The number of unbranched alkanes of at least 4 members (excludes halogenated alkanes) is 1. The molecule has 0 saturated carbocycles. The van der Waals surface area contributed by atoms with Gasteiger partial charge in [-0.25, -0.2) is 4.98 Å². The van der Waals surface area contributed by atoms with E-state index in [1.807, 2.05) is 38.1 Å². The van der Waals surface area contributed by atoms with Crippen LogP contribution in [0.3, 0.4) is 0 Å². The third-order valence-electron chi connectivity index (χ3n) is 8.02. The molecule has 1 aromatic heterocycles. The molecule has 0 bridgehead atoms. The fraction of sp³-hybridized carbons (Fsp3) is 0.375. The molecule has 0 saturated heterocycles. The average molecular weight is 654 g/mol. The van der Waals surface area contributed by atoms with Crippen molar-refractivity contribution in [1.82, 2.24) is 14.5 Å². The van der Waals surface area contributed by atoms with Gasteiger partial charge >= 0.3 is 0 Å². The van der Waals surface area contributed by atoms with Gasteiger partial charge in [-0.05, 0) is 62.3 Å². The molecule has 0 spiro atoms. The predicted molar refractivity (Wildman–Crippen MR) is 197 cm³/mol. The number of allylic oxidation sites excluding steroid dienone is 1. The van der Waals surface area contributed by atoms with Gasteiger partial charge in [0.25, 0.3) is 0 Å². The highest BCUT2D eigenvalue weighted by Gasteiger charge is 2.23. The number of hydrogen-bond donors (Lipinski definition) is 0. The Bertz CT molecular complexity index is 1550. The van der Waals surface area contributed by atoms with Crippen molar-refractivity contribution >= 4 is 11.8 Å². The summed E-state index contributed by atoms with van der Waals surface area (Å²) in [5.74, 6) is 3.02. The molecule has 1 aliphatic rings. The third kappa shape index (κ3) is 10.4. The first-order chi connectivity index (χ1) is 23.0. The van der Waals surface area contributed by atoms with Crippen molar-refractivity contribution in [3.63, 3.8) is 0 Å². The molecule has 7 heteroatoms. The van der Waals surface area contributed by atoms with Gasteiger partial charge in [0.05, 0.1) is 18.0 Å². The molecule has 5 rings (SSSR count). The first-order valence-electron chi connectivity index (χ1n) is 16.7. The first-order valence-corrected chi connectivity index (χ1v) is 17.9. The molecule has 0 aliphatic carbocycles. The van der Waals surface area contributed by atoms with E-state index < -0.39 is 0 Å². The van der Waals surface area contributed by atoms with Gasteiger partial charge in [0.2, 0.25) is 6.79 Å². The lowest BCUT2D eigenvalue weighted by Gasteiger charge is -2.26. The van der Waals surface area contributed by atoms with Crippen molar-refractivity contribution in [3.8, 4) is 34.1 Å². The molecule has 1 aliphatic heterocycles. The SMILES string of the molecule is C/C=C\COCC.C=CC(C)CN(Cc1ccc2c(c1)OCO2)Cc1c(-c2ccc(SC)cc2)nc(-c2ccccc2)n1CCCC. The van der Waals surface area contributed by atoms with Crippen molar-refractivity contribution < 1.29 is 14.2 Å². The Morgan fingerprint density at radius 1 is 1.00 bits per heavy atom. The molecule has 250 valence electrons. The number of imidazole rings is 1. The normalized spacial score (nSPS) is 12.7. The maximum atomic E-state index is 5.68. The third-order valence-corrected chi connectivity index (χ3v) is 8.77. The molecule has 3 aromatic carbocycles. The Kier molecular flexibility index (Phi) is 14.7. The van der Waals surface area contributed by atoms with Crippen LogP contribution in [0.25, 0.3) is 22.6 Å². The molecule has 0 fully saturated rings. The van der Waals surface area contributed by atoms with Crippen molar-refractivity contribution in [3.05, 3.63) is 109 Å². The maximum absolute atomic E-state index is 5.68. The van der Waals surface area contributed by atoms with E-state index in [9.17, 15) is 0 Å². The average Bonchev–Trinajstić information content (AvgIpc) is 3.72. The van der Waals surface area contributed by atoms with Gasteiger partial charge in [-0.1, -0.05) is 87.0 Å². The summed E-state index contributed by atoms with van der Waals surface area (Å²) < 4.78 is 18.7. The Hall–Kier alpha value is -3.78. The fourth-order valence-electron chi connectivity index (χ4n) is 5.45. The topological polar surface area (TPSA) is 48.8 Å². The number of aromatic nitrogens is 2. The van der Waals surface area contributed by atoms with Crippen LogP contribution >= 0.6 is 11.8 Å². The minimum Gasteiger partial charge on any atom is -0.454 e. The van der Waals surface area contributed by atoms with Gasteiger partial charge in [0.15, 0.2) is 11.5 Å². The summed E-state index contributed by atoms with van der Waals surface area (Å²) in [4.78, 5) is 9.10. The summed E-state index contributed by atoms with van der Waals surface area (Å²) in [5, 5.41) is 0. The van der Waals surface area contributed by atoms with Crippen LogP contribution in [0.15, 0.2) is 102 Å². The van der Waals surface area contributed by atoms with Crippen LogP contribution in [0.4, 0.5) is 0 Å². The van der Waals surface area contributed by atoms with Crippen molar-refractivity contribution in [2.24, 2.45) is 5.92 Å². The zero-order chi connectivity index (χ0) is 33.4. The molecule has 0 N–H and O–H groups in total. The van der Waals surface area contributed by atoms with Crippen molar-refractivity contribution in [2.45, 2.75) is 65.1 Å². The Balaban J connectivity index is 0.000000644. The number of ether oxygens (including phenoxy) is 3. The molecular formula is C40H51N3O3S. The highest BCUT2D eigenvalue weighted by atomic mass is 32.2. The molecule has 1 unspecified atom stereocenters. The van der Waals surface area contributed by atoms with Crippen LogP contribution < -0.4 is 9.47 Å². The molecule has 1 atom stereocenters. The van der Waals surface area contributed by atoms with Gasteiger partial charge in [0, 0.05) is 48.8 Å². The van der Waals surface area contributed by atoms with Crippen LogP contribution in [-0.2, 0) is 24.4 Å². The van der Waals surface area contributed by atoms with Gasteiger partial charge in [-0.3, -0.25) is 4.90 Å². The van der Waals surface area contributed by atoms with Crippen molar-refractivity contribution in [1.29, 1.82) is 0 Å². The predicted octanol–water partition coefficient (Wildman–Crippen LogP) is 9.89. The second kappa shape index (κ2) is 19.1. The number of rotatable bonds is 16. The summed E-state index contributed by atoms with van der Waals surface area (Å²) in [6.45, 7) is 17.8. The molecule has 0 amide bonds. The second-order valence-electron chi connectivity index (χ2n) is 11.6. The Labute approximate surface area is 286 Å². The van der Waals surface area contributed by atoms with Gasteiger partial charge in [0.1, 0.15) is 5.82 Å². The summed E-state index contributed by atoms with van der Waals surface area (Å²) in [6.07, 6.45) is 10.3. The molecule has 2 heterocycles. The monoisotopic (exact) mass is 653 g/mol. The van der Waals surface area contributed by atoms with E-state index >= 15 is 0 Å². The summed E-state index contributed by atoms with van der Waals surface area (Å²) in [5.41, 5.74) is 5.81. The van der Waals surface area contributed by atoms with Crippen LogP contribution in [-0.4, -0.2) is 47.3 Å². The number of benzene rings is 3. The van der Waals surface area contributed by atoms with E-state index in [0.29, 0.717) is 5.92 Å². The maximum Gasteiger partial charge on any atom is 0.231 e. The Morgan fingerprint density at radius 3 is 2.45 bits per heavy atom. The minimum atomic E-state index is 0.285. The van der Waals surface area contributed by atoms with Crippen LogP contribution in [0.1, 0.15) is 51.8 Å². The molecule has 4 aromatic rings. The number of thioether (sulfide) groups is 1. The van der Waals surface area contributed by atoms with Gasteiger partial charge < -0.3 is 18.8 Å². The smallest absolute Gasteiger partial charge is 0.231 e. The van der Waals surface area contributed by atoms with Crippen LogP contribution in [0, 0.1) is 5.92 Å². The number of nitrogens with zero attached hydrogens (tertiary/aromatic N) is 3. The van der Waals surface area contributed by atoms with E-state index in [2.05, 4.69) is 103 Å². The summed E-state index contributed by atoms with van der Waals surface area (Å²) in [6, 6.07) is 25.7. The zero-order valence-electron chi connectivity index (χ0n) is 28.8. The van der Waals surface area contributed by atoms with E-state index in [4.69, 9.17) is 19.2 Å². The summed E-state index contributed by atoms with van der Waals surface area (Å²) in [7, 11) is 0. The quantitative estimate of drug-likeness (QED) is 0.0682. The van der Waals surface area contributed by atoms with E-state index in [1.54, 1.807) is 11.8 Å². The van der Waals surface area contributed by atoms with Crippen LogP contribution in [0.5, 0.6) is 11.5 Å². The lowest BCUT2D eigenvalue weighted by Crippen LogP contribution is -2.28. The van der Waals surface area contributed by atoms with Crippen molar-refractivity contribution in [2.75, 3.05) is 32.8 Å². The summed E-state index contributed by atoms with van der Waals surface area (Å²) >= 11 is 1.76. The molecule has 0 radical (unpaired) electrons. The largest absolute Gasteiger partial charge is 0.454 e. The van der Waals surface area contributed by atoms with E-state index in [1.165, 1.54) is 16.2 Å². The van der Waals surface area contributed by atoms with E-state index in [0.717, 1.165) is 86.4 Å². The highest BCUT2D eigenvalue weighted by molar-refractivity contribution is 7.98. The van der Waals surface area contributed by atoms with Gasteiger partial charge in [-0.2, -0.15) is 0 Å². The lowest BCUT2D eigenvalue weighted by atomic mass is 10.1. The highest BCUT2D eigenvalue weighted by Crippen LogP contribution is 2.35. The molecular weight excluding hydrogens is 603 g/mol. The minimum absolute atomic E-state index is 0.285. The molecule has 6 nitrogen and oxygen atoms in total. The first kappa shape index (κ1) is 36.1. The van der Waals surface area contributed by atoms with E-state index in [-0.39, 0.29) is 6.79 Å². The van der Waals surface area contributed by atoms with Crippen LogP contribution in [0.2, 0.25) is 0 Å². The van der Waals surface area contributed by atoms with Gasteiger partial charge in [-0.15, -0.1) is 18.3 Å². The Morgan fingerprint density at radius 2 is 1.77 bits per heavy atom. The number of hydrogen-bond acceptors (Lipinski definition) is 6. The number of fused-ring (bicyclic) bond motifs is 1. The second-order valence-corrected chi connectivity index (χ2v) is 12.5. The zero-order valence-corrected chi connectivity index (χ0v) is 29.6.